The summed E-state index contributed by atoms with van der Waals surface area (Å²) in [5, 5.41) is 3.35. The highest BCUT2D eigenvalue weighted by Crippen LogP contribution is 2.60. The van der Waals surface area contributed by atoms with Crippen LogP contribution >= 0.6 is 0 Å². The van der Waals surface area contributed by atoms with Crippen LogP contribution in [0.5, 0.6) is 5.75 Å². The summed E-state index contributed by atoms with van der Waals surface area (Å²) in [5.41, 5.74) is 0.885. The minimum absolute atomic E-state index is 0.00372. The molecule has 1 N–H and O–H groups in total. The largest absolute Gasteiger partial charge is 0.494 e. The lowest BCUT2D eigenvalue weighted by Crippen LogP contribution is -2.63. The van der Waals surface area contributed by atoms with Gasteiger partial charge in [-0.3, -0.25) is 14.5 Å². The lowest BCUT2D eigenvalue weighted by molar-refractivity contribution is -0.172. The predicted octanol–water partition coefficient (Wildman–Crippen LogP) is 2.77. The van der Waals surface area contributed by atoms with E-state index < -0.39 is 6.10 Å². The second-order valence-corrected chi connectivity index (χ2v) is 10.4. The van der Waals surface area contributed by atoms with Gasteiger partial charge in [0.15, 0.2) is 0 Å². The zero-order valence-corrected chi connectivity index (χ0v) is 19.8. The van der Waals surface area contributed by atoms with Gasteiger partial charge in [0.05, 0.1) is 25.7 Å². The molecule has 180 valence electrons. The molecule has 33 heavy (non-hydrogen) atoms. The number of hydrogen-bond donors (Lipinski definition) is 1. The van der Waals surface area contributed by atoms with Crippen LogP contribution < -0.4 is 10.1 Å². The van der Waals surface area contributed by atoms with Crippen LogP contribution in [0.1, 0.15) is 44.6 Å². The maximum Gasteiger partial charge on any atom is 0.311 e. The van der Waals surface area contributed by atoms with Gasteiger partial charge in [0.2, 0.25) is 0 Å². The van der Waals surface area contributed by atoms with E-state index in [2.05, 4.69) is 22.3 Å². The number of carbonyl (C=O) groups is 2. The summed E-state index contributed by atoms with van der Waals surface area (Å²) >= 11 is 0. The smallest absolute Gasteiger partial charge is 0.311 e. The molecule has 6 rings (SSSR count). The summed E-state index contributed by atoms with van der Waals surface area (Å²) in [6.45, 7) is 5.39. The van der Waals surface area contributed by atoms with E-state index in [0.717, 1.165) is 50.9 Å². The molecule has 5 aliphatic rings. The Balaban J connectivity index is 1.18. The number of nitrogens with one attached hydrogen (secondary N) is 1. The average molecular weight is 457 g/mol. The molecule has 1 heterocycles. The quantitative estimate of drug-likeness (QED) is 0.636. The first-order chi connectivity index (χ1) is 16.0. The van der Waals surface area contributed by atoms with Crippen molar-refractivity contribution in [3.05, 3.63) is 29.8 Å². The van der Waals surface area contributed by atoms with Crippen LogP contribution in [-0.2, 0) is 25.6 Å². The lowest BCUT2D eigenvalue weighted by Gasteiger charge is -2.58. The van der Waals surface area contributed by atoms with Gasteiger partial charge < -0.3 is 19.5 Å². The fourth-order valence-electron chi connectivity index (χ4n) is 7.10. The number of benzene rings is 1. The highest BCUT2D eigenvalue weighted by atomic mass is 16.5. The number of amides is 1. The van der Waals surface area contributed by atoms with Gasteiger partial charge in [0.25, 0.3) is 5.91 Å². The van der Waals surface area contributed by atoms with E-state index in [1.165, 1.54) is 12.7 Å². The Kier molecular flexibility index (Phi) is 6.36. The number of morpholine rings is 1. The van der Waals surface area contributed by atoms with Crippen LogP contribution in [0.2, 0.25) is 0 Å². The lowest BCUT2D eigenvalue weighted by atomic mass is 9.48. The Labute approximate surface area is 196 Å². The van der Waals surface area contributed by atoms with Gasteiger partial charge in [-0.2, -0.15) is 0 Å². The molecule has 4 bridgehead atoms. The van der Waals surface area contributed by atoms with Crippen molar-refractivity contribution in [1.82, 2.24) is 10.2 Å². The Morgan fingerprint density at radius 2 is 1.88 bits per heavy atom. The van der Waals surface area contributed by atoms with Crippen LogP contribution in [-0.4, -0.2) is 62.3 Å². The summed E-state index contributed by atoms with van der Waals surface area (Å²) in [5.74, 6) is 2.14. The molecule has 5 fully saturated rings. The van der Waals surface area contributed by atoms with E-state index in [1.807, 2.05) is 19.1 Å². The molecule has 1 amide bonds. The molecule has 3 atom stereocenters. The third kappa shape index (κ3) is 4.50. The maximum atomic E-state index is 13.2. The van der Waals surface area contributed by atoms with Gasteiger partial charge in [0.1, 0.15) is 11.9 Å². The molecule has 7 nitrogen and oxygen atoms in total. The van der Waals surface area contributed by atoms with E-state index >= 15 is 0 Å². The molecule has 4 aliphatic carbocycles. The van der Waals surface area contributed by atoms with Crippen molar-refractivity contribution in [2.75, 3.05) is 33.4 Å². The number of nitrogens with zero attached hydrogens (tertiary/aromatic N) is 1. The minimum Gasteiger partial charge on any atom is -0.494 e. The molecule has 1 saturated heterocycles. The monoisotopic (exact) mass is 456 g/mol. The first-order valence-electron chi connectivity index (χ1n) is 12.4. The fraction of sp³-hybridized carbons (Fsp3) is 0.692. The second-order valence-electron chi connectivity index (χ2n) is 10.4. The van der Waals surface area contributed by atoms with Crippen molar-refractivity contribution in [3.8, 4) is 5.75 Å². The van der Waals surface area contributed by atoms with Crippen molar-refractivity contribution in [1.29, 1.82) is 0 Å². The first kappa shape index (κ1) is 22.7. The summed E-state index contributed by atoms with van der Waals surface area (Å²) in [6, 6.07) is 8.31. The van der Waals surface area contributed by atoms with Gasteiger partial charge in [-0.15, -0.1) is 0 Å². The van der Waals surface area contributed by atoms with Crippen molar-refractivity contribution in [2.24, 2.45) is 23.2 Å². The van der Waals surface area contributed by atoms with Crippen LogP contribution in [0.3, 0.4) is 0 Å². The normalized spacial score (nSPS) is 35.3. The van der Waals surface area contributed by atoms with Crippen LogP contribution in [0.4, 0.5) is 0 Å². The van der Waals surface area contributed by atoms with Crippen molar-refractivity contribution >= 4 is 11.9 Å². The van der Waals surface area contributed by atoms with Gasteiger partial charge in [-0.1, -0.05) is 12.1 Å². The first-order valence-corrected chi connectivity index (χ1v) is 12.4. The molecule has 7 heteroatoms. The Morgan fingerprint density at radius 3 is 2.55 bits per heavy atom. The summed E-state index contributed by atoms with van der Waals surface area (Å²) < 4.78 is 16.6. The number of esters is 1. The van der Waals surface area contributed by atoms with Gasteiger partial charge in [-0.05, 0) is 74.5 Å². The Hall–Kier alpha value is -2.12. The highest BCUT2D eigenvalue weighted by Gasteiger charge is 2.59. The Morgan fingerprint density at radius 1 is 1.15 bits per heavy atom. The average Bonchev–Trinajstić information content (AvgIpc) is 2.82. The van der Waals surface area contributed by atoms with Crippen LogP contribution in [0, 0.1) is 23.2 Å². The molecule has 1 aliphatic heterocycles. The van der Waals surface area contributed by atoms with E-state index in [1.54, 1.807) is 0 Å². The summed E-state index contributed by atoms with van der Waals surface area (Å²) in [7, 11) is 1.50. The SMILES string of the molecule is CCOc1ccc(CN2CCO[C@@H](C(=O)NC3C4CC5CC3CC(C(=O)OC)(C5)C4)C2)cc1. The standard InChI is InChI=1S/C26H36N2O5/c1-3-32-21-6-4-17(5-7-21)15-28-8-9-33-22(16-28)24(29)27-23-19-10-18-11-20(23)14-26(12-18,13-19)25(30)31-2/h4-7,18-20,22-23H,3,8-16H2,1-2H3,(H,27,29)/t18?,19?,20?,22-,23?,26?/m1/s1. The van der Waals surface area contributed by atoms with E-state index in [9.17, 15) is 9.59 Å². The van der Waals surface area contributed by atoms with Gasteiger partial charge >= 0.3 is 5.97 Å². The third-order valence-corrected chi connectivity index (χ3v) is 8.28. The number of methoxy groups -OCH3 is 1. The number of hydrogen-bond acceptors (Lipinski definition) is 6. The number of ether oxygens (including phenoxy) is 3. The fourth-order valence-corrected chi connectivity index (χ4v) is 7.10. The van der Waals surface area contributed by atoms with E-state index in [4.69, 9.17) is 14.2 Å². The number of rotatable bonds is 7. The van der Waals surface area contributed by atoms with Crippen LogP contribution in [0.15, 0.2) is 24.3 Å². The molecule has 1 aromatic rings. The van der Waals surface area contributed by atoms with Gasteiger partial charge in [-0.25, -0.2) is 0 Å². The molecule has 0 spiro atoms. The van der Waals surface area contributed by atoms with Crippen molar-refractivity contribution in [2.45, 2.75) is 57.7 Å². The maximum absolute atomic E-state index is 13.2. The number of carbonyl (C=O) groups excluding carboxylic acids is 2. The van der Waals surface area contributed by atoms with Crippen molar-refractivity contribution < 1.29 is 23.8 Å². The predicted molar refractivity (Wildman–Crippen MR) is 123 cm³/mol. The third-order valence-electron chi connectivity index (χ3n) is 8.28. The topological polar surface area (TPSA) is 77.1 Å². The molecular formula is C26H36N2O5. The molecule has 1 aromatic carbocycles. The van der Waals surface area contributed by atoms with Gasteiger partial charge in [0, 0.05) is 25.7 Å². The summed E-state index contributed by atoms with van der Waals surface area (Å²) in [4.78, 5) is 28.0. The molecular weight excluding hydrogens is 420 g/mol. The second kappa shape index (κ2) is 9.26. The zero-order chi connectivity index (χ0) is 23.0. The molecule has 0 radical (unpaired) electrons. The molecule has 4 saturated carbocycles. The van der Waals surface area contributed by atoms with Crippen molar-refractivity contribution in [3.63, 3.8) is 0 Å². The molecule has 2 unspecified atom stereocenters. The zero-order valence-electron chi connectivity index (χ0n) is 19.8. The minimum atomic E-state index is -0.451. The van der Waals surface area contributed by atoms with E-state index in [0.29, 0.717) is 37.5 Å². The van der Waals surface area contributed by atoms with Crippen LogP contribution in [0.25, 0.3) is 0 Å². The highest BCUT2D eigenvalue weighted by molar-refractivity contribution is 5.82. The summed E-state index contributed by atoms with van der Waals surface area (Å²) in [6.07, 6.45) is 4.40. The Bertz CT molecular complexity index is 856. The molecule has 0 aromatic heterocycles. The van der Waals surface area contributed by atoms with E-state index in [-0.39, 0.29) is 23.3 Å².